The molecule has 0 aliphatic heterocycles. The summed E-state index contributed by atoms with van der Waals surface area (Å²) in [6.45, 7) is 22.7. The van der Waals surface area contributed by atoms with E-state index < -0.39 is 16.6 Å². The molecule has 160 valence electrons. The summed E-state index contributed by atoms with van der Waals surface area (Å²) in [5, 5.41) is 0. The lowest BCUT2D eigenvalue weighted by Gasteiger charge is -2.31. The summed E-state index contributed by atoms with van der Waals surface area (Å²) < 4.78 is 6.41. The van der Waals surface area contributed by atoms with Crippen LogP contribution in [0.5, 0.6) is 0 Å². The zero-order valence-corrected chi connectivity index (χ0v) is 21.6. The van der Waals surface area contributed by atoms with Gasteiger partial charge in [-0.25, -0.2) is 0 Å². The van der Waals surface area contributed by atoms with Gasteiger partial charge >= 0.3 is 0 Å². The summed E-state index contributed by atoms with van der Waals surface area (Å²) >= 11 is 0. The fourth-order valence-corrected chi connectivity index (χ4v) is 11.9. The quantitative estimate of drug-likeness (QED) is 0.210. The number of nitrogens with zero attached hydrogens (tertiary/aromatic N) is 1. The molecule has 1 atom stereocenters. The zero-order valence-electron chi connectivity index (χ0n) is 19.6. The van der Waals surface area contributed by atoms with Crippen molar-refractivity contribution in [3.05, 3.63) is 12.3 Å². The molecule has 1 amide bonds. The van der Waals surface area contributed by atoms with Crippen LogP contribution in [0.3, 0.4) is 0 Å². The number of hydrogen-bond donors (Lipinski definition) is 0. The van der Waals surface area contributed by atoms with Crippen LogP contribution in [-0.2, 0) is 8.91 Å². The van der Waals surface area contributed by atoms with Gasteiger partial charge in [-0.15, -0.1) is 0 Å². The number of rotatable bonds is 15. The van der Waals surface area contributed by atoms with Gasteiger partial charge < -0.3 is 9.02 Å². The molecule has 0 aliphatic rings. The van der Waals surface area contributed by atoms with Gasteiger partial charge in [-0.2, -0.15) is 0 Å². The Kier molecular flexibility index (Phi) is 12.8. The highest BCUT2D eigenvalue weighted by Crippen LogP contribution is 2.22. The molecular formula is C22H47NO2Si2. The van der Waals surface area contributed by atoms with E-state index in [1.807, 2.05) is 4.90 Å². The lowest BCUT2D eigenvalue weighted by Crippen LogP contribution is -2.42. The highest BCUT2D eigenvalue weighted by molar-refractivity contribution is 6.84. The third-order valence-electron chi connectivity index (χ3n) is 5.01. The van der Waals surface area contributed by atoms with Crippen molar-refractivity contribution in [1.29, 1.82) is 0 Å². The molecule has 0 saturated carbocycles. The number of amides is 1. The van der Waals surface area contributed by atoms with Crippen LogP contribution < -0.4 is 0 Å². The van der Waals surface area contributed by atoms with E-state index in [-0.39, 0.29) is 5.91 Å². The van der Waals surface area contributed by atoms with Gasteiger partial charge in [0, 0.05) is 19.2 Å². The second-order valence-corrected chi connectivity index (χ2v) is 18.8. The normalized spacial score (nSPS) is 13.5. The Balaban J connectivity index is 3.98. The maximum atomic E-state index is 12.0. The Labute approximate surface area is 172 Å². The van der Waals surface area contributed by atoms with E-state index in [0.717, 1.165) is 31.5 Å². The first-order valence-corrected chi connectivity index (χ1v) is 17.6. The van der Waals surface area contributed by atoms with Crippen LogP contribution in [-0.4, -0.2) is 34.0 Å². The molecule has 3 nitrogen and oxygen atoms in total. The number of unbranched alkanes of at least 4 members (excludes halogenated alkanes) is 5. The van der Waals surface area contributed by atoms with E-state index in [1.54, 1.807) is 6.92 Å². The van der Waals surface area contributed by atoms with Gasteiger partial charge in [0.15, 0.2) is 16.6 Å². The third-order valence-corrected chi connectivity index (χ3v) is 11.2. The van der Waals surface area contributed by atoms with Crippen molar-refractivity contribution in [3.8, 4) is 0 Å². The Hall–Kier alpha value is -0.396. The van der Waals surface area contributed by atoms with E-state index in [0.29, 0.717) is 5.92 Å². The van der Waals surface area contributed by atoms with E-state index in [2.05, 4.69) is 53.2 Å². The van der Waals surface area contributed by atoms with Gasteiger partial charge in [-0.3, -0.25) is 4.79 Å². The number of carbonyl (C=O) groups excluding carboxylic acids is 1. The van der Waals surface area contributed by atoms with Gasteiger partial charge in [-0.1, -0.05) is 59.0 Å². The standard InChI is InChI=1S/C22H47NO2Si2/c1-10-17-20(2)21(3)23(22(4)24)18-15-13-11-12-14-16-19-27(8,9)25-26(5,6)7/h20H,3,10-19H2,1-2,4-9H3. The molecule has 5 heteroatoms. The molecule has 0 N–H and O–H groups in total. The van der Waals surface area contributed by atoms with Crippen molar-refractivity contribution in [1.82, 2.24) is 4.90 Å². The minimum absolute atomic E-state index is 0.137. The SMILES string of the molecule is C=C(C(C)CCC)N(CCCCCCCC[Si](C)(C)O[Si](C)(C)C)C(C)=O. The molecule has 0 bridgehead atoms. The van der Waals surface area contributed by atoms with E-state index in [9.17, 15) is 4.79 Å². The topological polar surface area (TPSA) is 29.5 Å². The average Bonchev–Trinajstić information content (AvgIpc) is 2.50. The third kappa shape index (κ3) is 13.4. The van der Waals surface area contributed by atoms with Crippen molar-refractivity contribution in [3.63, 3.8) is 0 Å². The maximum Gasteiger partial charge on any atom is 0.223 e. The molecule has 0 aromatic rings. The van der Waals surface area contributed by atoms with Crippen LogP contribution in [0.2, 0.25) is 38.8 Å². The molecule has 0 heterocycles. The van der Waals surface area contributed by atoms with Crippen LogP contribution in [0, 0.1) is 5.92 Å². The molecule has 0 saturated heterocycles. The van der Waals surface area contributed by atoms with Crippen LogP contribution >= 0.6 is 0 Å². The molecule has 0 radical (unpaired) electrons. The smallest absolute Gasteiger partial charge is 0.223 e. The monoisotopic (exact) mass is 413 g/mol. The van der Waals surface area contributed by atoms with E-state index in [1.165, 1.54) is 38.1 Å². The second-order valence-electron chi connectivity index (χ2n) is 9.70. The van der Waals surface area contributed by atoms with Crippen molar-refractivity contribution in [2.75, 3.05) is 6.54 Å². The Morgan fingerprint density at radius 1 is 1.00 bits per heavy atom. The molecular weight excluding hydrogens is 366 g/mol. The largest absolute Gasteiger partial charge is 0.456 e. The molecule has 0 aromatic heterocycles. The van der Waals surface area contributed by atoms with Crippen LogP contribution in [0.15, 0.2) is 12.3 Å². The van der Waals surface area contributed by atoms with Gasteiger partial charge in [0.05, 0.1) is 0 Å². The lowest BCUT2D eigenvalue weighted by atomic mass is 10.0. The van der Waals surface area contributed by atoms with Crippen molar-refractivity contribution >= 4 is 22.5 Å². The number of allylic oxidation sites excluding steroid dienone is 1. The summed E-state index contributed by atoms with van der Waals surface area (Å²) in [5.74, 6) is 0.530. The maximum absolute atomic E-state index is 12.0. The Morgan fingerprint density at radius 2 is 1.52 bits per heavy atom. The summed E-state index contributed by atoms with van der Waals surface area (Å²) in [6.07, 6.45) is 9.68. The molecule has 0 aromatic carbocycles. The number of hydrogen-bond acceptors (Lipinski definition) is 2. The fourth-order valence-electron chi connectivity index (χ4n) is 3.78. The fraction of sp³-hybridized carbons (Fsp3) is 0.864. The highest BCUT2D eigenvalue weighted by atomic mass is 28.4. The second kappa shape index (κ2) is 12.9. The van der Waals surface area contributed by atoms with Gasteiger partial charge in [0.25, 0.3) is 0 Å². The first-order chi connectivity index (χ1) is 12.4. The number of carbonyl (C=O) groups is 1. The van der Waals surface area contributed by atoms with Crippen LogP contribution in [0.1, 0.15) is 72.1 Å². The van der Waals surface area contributed by atoms with E-state index >= 15 is 0 Å². The van der Waals surface area contributed by atoms with Gasteiger partial charge in [0.2, 0.25) is 5.91 Å². The van der Waals surface area contributed by atoms with Crippen LogP contribution in [0.25, 0.3) is 0 Å². The Morgan fingerprint density at radius 3 is 2.00 bits per heavy atom. The minimum Gasteiger partial charge on any atom is -0.456 e. The minimum atomic E-state index is -1.46. The summed E-state index contributed by atoms with van der Waals surface area (Å²) in [7, 11) is -2.86. The van der Waals surface area contributed by atoms with Gasteiger partial charge in [0.1, 0.15) is 0 Å². The lowest BCUT2D eigenvalue weighted by molar-refractivity contribution is -0.127. The molecule has 0 rings (SSSR count). The van der Waals surface area contributed by atoms with Crippen molar-refractivity contribution in [2.24, 2.45) is 5.92 Å². The molecule has 0 aliphatic carbocycles. The highest BCUT2D eigenvalue weighted by Gasteiger charge is 2.28. The predicted molar refractivity (Wildman–Crippen MR) is 125 cm³/mol. The Bertz CT molecular complexity index is 444. The van der Waals surface area contributed by atoms with Gasteiger partial charge in [-0.05, 0) is 57.5 Å². The predicted octanol–water partition coefficient (Wildman–Crippen LogP) is 7.18. The molecule has 1 unspecified atom stereocenters. The van der Waals surface area contributed by atoms with Crippen molar-refractivity contribution in [2.45, 2.75) is 111 Å². The summed E-state index contributed by atoms with van der Waals surface area (Å²) in [4.78, 5) is 13.9. The molecule has 27 heavy (non-hydrogen) atoms. The molecule has 0 fully saturated rings. The first kappa shape index (κ1) is 26.6. The first-order valence-electron chi connectivity index (χ1n) is 11.1. The zero-order chi connectivity index (χ0) is 21.1. The summed E-state index contributed by atoms with van der Waals surface area (Å²) in [5.41, 5.74) is 0.999. The molecule has 0 spiro atoms. The van der Waals surface area contributed by atoms with Crippen LogP contribution in [0.4, 0.5) is 0 Å². The summed E-state index contributed by atoms with van der Waals surface area (Å²) in [6, 6.07) is 1.28. The average molecular weight is 414 g/mol. The van der Waals surface area contributed by atoms with Crippen molar-refractivity contribution < 1.29 is 8.91 Å². The van der Waals surface area contributed by atoms with E-state index in [4.69, 9.17) is 4.12 Å².